The Hall–Kier alpha value is -2.27. The van der Waals surface area contributed by atoms with Gasteiger partial charge in [-0.3, -0.25) is 0 Å². The van der Waals surface area contributed by atoms with E-state index in [1.807, 2.05) is 6.07 Å². The van der Waals surface area contributed by atoms with Gasteiger partial charge in [0.05, 0.1) is 11.6 Å². The Morgan fingerprint density at radius 1 is 0.952 bits per heavy atom. The molecule has 0 N–H and O–H groups in total. The summed E-state index contributed by atoms with van der Waals surface area (Å²) in [4.78, 5) is 2.31. The molecule has 108 valence electrons. The van der Waals surface area contributed by atoms with Gasteiger partial charge in [-0.15, -0.1) is 0 Å². The minimum absolute atomic E-state index is 0.755. The standard InChI is InChI=1S/C19H22N2/c1-4-15-7-12-19(17(13-15)14-20)16-8-10-18(11-9-16)21(5-2)6-3/h7-13H,4-6H2,1-3H3. The third-order valence-corrected chi connectivity index (χ3v) is 3.92. The van der Waals surface area contributed by atoms with Crippen LogP contribution in [-0.4, -0.2) is 13.1 Å². The molecule has 0 aromatic heterocycles. The summed E-state index contributed by atoms with van der Waals surface area (Å²) in [6.07, 6.45) is 0.954. The lowest BCUT2D eigenvalue weighted by Crippen LogP contribution is -2.21. The van der Waals surface area contributed by atoms with Crippen LogP contribution in [0.4, 0.5) is 5.69 Å². The van der Waals surface area contributed by atoms with E-state index in [2.05, 4.69) is 68.1 Å². The largest absolute Gasteiger partial charge is 0.372 e. The maximum atomic E-state index is 9.36. The summed E-state index contributed by atoms with van der Waals surface area (Å²) in [5.41, 5.74) is 5.30. The number of benzene rings is 2. The normalized spacial score (nSPS) is 10.2. The average Bonchev–Trinajstić information content (AvgIpc) is 2.56. The van der Waals surface area contributed by atoms with E-state index in [1.54, 1.807) is 0 Å². The predicted molar refractivity (Wildman–Crippen MR) is 89.5 cm³/mol. The van der Waals surface area contributed by atoms with Crippen LogP contribution in [0.5, 0.6) is 0 Å². The molecule has 0 saturated carbocycles. The van der Waals surface area contributed by atoms with Crippen LogP contribution in [0.25, 0.3) is 11.1 Å². The second-order valence-electron chi connectivity index (χ2n) is 5.06. The average molecular weight is 278 g/mol. The van der Waals surface area contributed by atoms with Gasteiger partial charge >= 0.3 is 0 Å². The lowest BCUT2D eigenvalue weighted by Gasteiger charge is -2.21. The molecule has 0 aliphatic heterocycles. The molecule has 2 heteroatoms. The molecule has 0 unspecified atom stereocenters. The topological polar surface area (TPSA) is 27.0 Å². The Bertz CT molecular complexity index is 632. The first-order chi connectivity index (χ1) is 10.2. The molecule has 0 saturated heterocycles. The second-order valence-corrected chi connectivity index (χ2v) is 5.06. The summed E-state index contributed by atoms with van der Waals surface area (Å²) >= 11 is 0. The van der Waals surface area contributed by atoms with Crippen LogP contribution in [0.3, 0.4) is 0 Å². The molecule has 2 aromatic rings. The van der Waals surface area contributed by atoms with E-state index in [0.29, 0.717) is 0 Å². The van der Waals surface area contributed by atoms with Crippen LogP contribution >= 0.6 is 0 Å². The highest BCUT2D eigenvalue weighted by Gasteiger charge is 2.07. The molecule has 0 heterocycles. The lowest BCUT2D eigenvalue weighted by molar-refractivity contribution is 0.866. The van der Waals surface area contributed by atoms with E-state index in [9.17, 15) is 5.26 Å². The van der Waals surface area contributed by atoms with Crippen LogP contribution in [0.15, 0.2) is 42.5 Å². The van der Waals surface area contributed by atoms with E-state index in [0.717, 1.165) is 36.2 Å². The van der Waals surface area contributed by atoms with E-state index in [4.69, 9.17) is 0 Å². The third kappa shape index (κ3) is 3.25. The van der Waals surface area contributed by atoms with Gasteiger partial charge in [-0.05, 0) is 55.2 Å². The number of nitriles is 1. The first-order valence-corrected chi connectivity index (χ1v) is 7.61. The summed E-state index contributed by atoms with van der Waals surface area (Å²) in [6.45, 7) is 8.44. The summed E-state index contributed by atoms with van der Waals surface area (Å²) in [7, 11) is 0. The number of aryl methyl sites for hydroxylation is 1. The van der Waals surface area contributed by atoms with Gasteiger partial charge < -0.3 is 4.90 Å². The van der Waals surface area contributed by atoms with Crippen molar-refractivity contribution in [2.75, 3.05) is 18.0 Å². The van der Waals surface area contributed by atoms with Gasteiger partial charge in [-0.25, -0.2) is 0 Å². The molecule has 2 aromatic carbocycles. The molecule has 0 spiro atoms. The molecular weight excluding hydrogens is 256 g/mol. The SMILES string of the molecule is CCc1ccc(-c2ccc(N(CC)CC)cc2)c(C#N)c1. The van der Waals surface area contributed by atoms with Crippen molar-refractivity contribution in [3.05, 3.63) is 53.6 Å². The highest BCUT2D eigenvalue weighted by atomic mass is 15.1. The van der Waals surface area contributed by atoms with E-state index >= 15 is 0 Å². The maximum Gasteiger partial charge on any atom is 0.0998 e. The molecular formula is C19H22N2. The highest BCUT2D eigenvalue weighted by molar-refractivity contribution is 5.72. The van der Waals surface area contributed by atoms with E-state index in [1.165, 1.54) is 11.3 Å². The van der Waals surface area contributed by atoms with Crippen LogP contribution in [0, 0.1) is 11.3 Å². The van der Waals surface area contributed by atoms with Crippen molar-refractivity contribution >= 4 is 5.69 Å². The minimum atomic E-state index is 0.755. The van der Waals surface area contributed by atoms with E-state index < -0.39 is 0 Å². The van der Waals surface area contributed by atoms with Gasteiger partial charge in [0, 0.05) is 18.8 Å². The first kappa shape index (κ1) is 15.1. The second kappa shape index (κ2) is 6.95. The zero-order valence-electron chi connectivity index (χ0n) is 13.1. The number of nitrogens with zero attached hydrogens (tertiary/aromatic N) is 2. The number of hydrogen-bond donors (Lipinski definition) is 0. The number of hydrogen-bond acceptors (Lipinski definition) is 2. The fourth-order valence-electron chi connectivity index (χ4n) is 2.60. The Balaban J connectivity index is 2.37. The van der Waals surface area contributed by atoms with Crippen molar-refractivity contribution < 1.29 is 0 Å². The quantitative estimate of drug-likeness (QED) is 0.797. The van der Waals surface area contributed by atoms with Crippen molar-refractivity contribution in [2.45, 2.75) is 27.2 Å². The molecule has 0 bridgehead atoms. The summed E-state index contributed by atoms with van der Waals surface area (Å²) in [6, 6.07) is 17.0. The zero-order valence-corrected chi connectivity index (χ0v) is 13.1. The maximum absolute atomic E-state index is 9.36. The fourth-order valence-corrected chi connectivity index (χ4v) is 2.60. The molecule has 2 nitrogen and oxygen atoms in total. The number of anilines is 1. The van der Waals surface area contributed by atoms with Crippen molar-refractivity contribution in [3.8, 4) is 17.2 Å². The molecule has 0 amide bonds. The van der Waals surface area contributed by atoms with Gasteiger partial charge in [0.2, 0.25) is 0 Å². The molecule has 21 heavy (non-hydrogen) atoms. The Labute approximate surface area is 127 Å². The van der Waals surface area contributed by atoms with Crippen LogP contribution < -0.4 is 4.90 Å². The molecule has 2 rings (SSSR count). The van der Waals surface area contributed by atoms with Crippen LogP contribution in [-0.2, 0) is 6.42 Å². The van der Waals surface area contributed by atoms with Gasteiger partial charge in [-0.2, -0.15) is 5.26 Å². The van der Waals surface area contributed by atoms with Crippen molar-refractivity contribution in [1.82, 2.24) is 0 Å². The Morgan fingerprint density at radius 3 is 2.14 bits per heavy atom. The third-order valence-electron chi connectivity index (χ3n) is 3.92. The highest BCUT2D eigenvalue weighted by Crippen LogP contribution is 2.27. The summed E-state index contributed by atoms with van der Waals surface area (Å²) in [5.74, 6) is 0. The summed E-state index contributed by atoms with van der Waals surface area (Å²) < 4.78 is 0. The van der Waals surface area contributed by atoms with Crippen molar-refractivity contribution in [1.29, 1.82) is 5.26 Å². The molecule has 0 aliphatic rings. The summed E-state index contributed by atoms with van der Waals surface area (Å²) in [5, 5.41) is 9.36. The van der Waals surface area contributed by atoms with Crippen LogP contribution in [0.2, 0.25) is 0 Å². The molecule has 0 aliphatic carbocycles. The minimum Gasteiger partial charge on any atom is -0.372 e. The fraction of sp³-hybridized carbons (Fsp3) is 0.316. The first-order valence-electron chi connectivity index (χ1n) is 7.61. The predicted octanol–water partition coefficient (Wildman–Crippen LogP) is 4.63. The van der Waals surface area contributed by atoms with E-state index in [-0.39, 0.29) is 0 Å². The smallest absolute Gasteiger partial charge is 0.0998 e. The Kier molecular flexibility index (Phi) is 5.00. The van der Waals surface area contributed by atoms with Gasteiger partial charge in [0.25, 0.3) is 0 Å². The Morgan fingerprint density at radius 2 is 1.62 bits per heavy atom. The van der Waals surface area contributed by atoms with Gasteiger partial charge in [0.15, 0.2) is 0 Å². The molecule has 0 fully saturated rings. The van der Waals surface area contributed by atoms with Gasteiger partial charge in [0.1, 0.15) is 0 Å². The van der Waals surface area contributed by atoms with Crippen LogP contribution in [0.1, 0.15) is 31.9 Å². The van der Waals surface area contributed by atoms with Crippen molar-refractivity contribution in [2.24, 2.45) is 0 Å². The van der Waals surface area contributed by atoms with Gasteiger partial charge in [-0.1, -0.05) is 31.2 Å². The lowest BCUT2D eigenvalue weighted by atomic mass is 9.97. The molecule has 0 radical (unpaired) electrons. The van der Waals surface area contributed by atoms with Crippen molar-refractivity contribution in [3.63, 3.8) is 0 Å². The molecule has 0 atom stereocenters. The zero-order chi connectivity index (χ0) is 15.2. The number of rotatable bonds is 5. The monoisotopic (exact) mass is 278 g/mol.